The van der Waals surface area contributed by atoms with Crippen LogP contribution >= 0.6 is 0 Å². The lowest BCUT2D eigenvalue weighted by atomic mass is 10.0. The van der Waals surface area contributed by atoms with Crippen LogP contribution in [0.2, 0.25) is 25.7 Å². The maximum atomic E-state index is 12.4. The summed E-state index contributed by atoms with van der Waals surface area (Å²) in [5.41, 5.74) is 2.45. The standard InChI is InChI=1S/C14H23NO2SSi/c1-19(2,3)11-10-18(16,17)15-9-8-13-6-4-5-7-14(13)12-15/h4-7H,8-12H2,1-3H3. The summed E-state index contributed by atoms with van der Waals surface area (Å²) in [6.07, 6.45) is 0.836. The molecule has 0 N–H and O–H groups in total. The first kappa shape index (κ1) is 14.7. The molecule has 3 nitrogen and oxygen atoms in total. The zero-order valence-electron chi connectivity index (χ0n) is 12.0. The molecule has 0 radical (unpaired) electrons. The van der Waals surface area contributed by atoms with Gasteiger partial charge in [-0.05, 0) is 23.6 Å². The Kier molecular flexibility index (Phi) is 4.18. The van der Waals surface area contributed by atoms with Gasteiger partial charge in [0.05, 0.1) is 5.75 Å². The van der Waals surface area contributed by atoms with Gasteiger partial charge in [0, 0.05) is 21.2 Å². The van der Waals surface area contributed by atoms with E-state index in [0.717, 1.165) is 18.0 Å². The lowest BCUT2D eigenvalue weighted by Crippen LogP contribution is -2.38. The predicted molar refractivity (Wildman–Crippen MR) is 82.5 cm³/mol. The van der Waals surface area contributed by atoms with E-state index in [4.69, 9.17) is 0 Å². The molecule has 0 spiro atoms. The maximum Gasteiger partial charge on any atom is 0.214 e. The van der Waals surface area contributed by atoms with Gasteiger partial charge in [-0.15, -0.1) is 0 Å². The van der Waals surface area contributed by atoms with Crippen molar-refractivity contribution in [1.82, 2.24) is 4.31 Å². The summed E-state index contributed by atoms with van der Waals surface area (Å²) in [7, 11) is -4.40. The lowest BCUT2D eigenvalue weighted by molar-refractivity contribution is 0.392. The first-order valence-electron chi connectivity index (χ1n) is 6.83. The molecular weight excluding hydrogens is 274 g/mol. The lowest BCUT2D eigenvalue weighted by Gasteiger charge is -2.29. The predicted octanol–water partition coefficient (Wildman–Crippen LogP) is 2.71. The molecule has 1 aromatic carbocycles. The molecule has 0 saturated heterocycles. The summed E-state index contributed by atoms with van der Waals surface area (Å²) < 4.78 is 26.4. The number of hydrogen-bond acceptors (Lipinski definition) is 2. The number of sulfonamides is 1. The number of fused-ring (bicyclic) bond motifs is 1. The normalized spacial score (nSPS) is 17.2. The molecule has 1 heterocycles. The van der Waals surface area contributed by atoms with Crippen LogP contribution in [0.4, 0.5) is 0 Å². The summed E-state index contributed by atoms with van der Waals surface area (Å²) in [4.78, 5) is 0. The van der Waals surface area contributed by atoms with E-state index in [1.54, 1.807) is 4.31 Å². The molecule has 0 aromatic heterocycles. The zero-order chi connectivity index (χ0) is 14.1. The third-order valence-corrected chi connectivity index (χ3v) is 7.53. The molecule has 5 heteroatoms. The van der Waals surface area contributed by atoms with Gasteiger partial charge in [0.2, 0.25) is 10.0 Å². The fraction of sp³-hybridized carbons (Fsp3) is 0.571. The second kappa shape index (κ2) is 5.38. The van der Waals surface area contributed by atoms with Gasteiger partial charge in [0.25, 0.3) is 0 Å². The van der Waals surface area contributed by atoms with E-state index < -0.39 is 18.1 Å². The average Bonchev–Trinajstić information content (AvgIpc) is 2.35. The van der Waals surface area contributed by atoms with Gasteiger partial charge in [-0.2, -0.15) is 4.31 Å². The number of rotatable bonds is 4. The summed E-state index contributed by atoms with van der Waals surface area (Å²) >= 11 is 0. The van der Waals surface area contributed by atoms with Gasteiger partial charge in [-0.25, -0.2) is 8.42 Å². The highest BCUT2D eigenvalue weighted by molar-refractivity contribution is 7.89. The second-order valence-electron chi connectivity index (χ2n) is 6.48. The van der Waals surface area contributed by atoms with E-state index in [0.29, 0.717) is 18.8 Å². The van der Waals surface area contributed by atoms with Crippen molar-refractivity contribution in [3.05, 3.63) is 35.4 Å². The monoisotopic (exact) mass is 297 g/mol. The maximum absolute atomic E-state index is 12.4. The summed E-state index contributed by atoms with van der Waals surface area (Å²) in [5.74, 6) is 0.310. The van der Waals surface area contributed by atoms with Crippen LogP contribution in [0.1, 0.15) is 11.1 Å². The quantitative estimate of drug-likeness (QED) is 0.801. The minimum absolute atomic E-state index is 0.310. The van der Waals surface area contributed by atoms with Crippen LogP contribution in [0.15, 0.2) is 24.3 Å². The highest BCUT2D eigenvalue weighted by Crippen LogP contribution is 2.22. The molecule has 2 rings (SSSR count). The summed E-state index contributed by atoms with van der Waals surface area (Å²) in [6.45, 7) is 7.82. The van der Waals surface area contributed by atoms with Crippen molar-refractivity contribution in [2.24, 2.45) is 0 Å². The minimum atomic E-state index is -3.09. The fourth-order valence-corrected chi connectivity index (χ4v) is 6.72. The largest absolute Gasteiger partial charge is 0.214 e. The van der Waals surface area contributed by atoms with Crippen molar-refractivity contribution in [1.29, 1.82) is 0 Å². The van der Waals surface area contributed by atoms with Gasteiger partial charge >= 0.3 is 0 Å². The Bertz CT molecular complexity index is 549. The molecule has 19 heavy (non-hydrogen) atoms. The Labute approximate surface area is 117 Å². The molecule has 1 aromatic rings. The Hall–Kier alpha value is -0.653. The van der Waals surface area contributed by atoms with Gasteiger partial charge < -0.3 is 0 Å². The van der Waals surface area contributed by atoms with Gasteiger partial charge in [0.1, 0.15) is 0 Å². The van der Waals surface area contributed by atoms with Crippen molar-refractivity contribution in [2.45, 2.75) is 38.7 Å². The van der Waals surface area contributed by atoms with Crippen LogP contribution in [-0.2, 0) is 23.0 Å². The van der Waals surface area contributed by atoms with Gasteiger partial charge in [-0.3, -0.25) is 0 Å². The van der Waals surface area contributed by atoms with E-state index in [2.05, 4.69) is 25.7 Å². The number of benzene rings is 1. The second-order valence-corrected chi connectivity index (χ2v) is 14.2. The first-order valence-corrected chi connectivity index (χ1v) is 12.1. The van der Waals surface area contributed by atoms with Crippen LogP contribution in [0, 0.1) is 0 Å². The Morgan fingerprint density at radius 2 is 1.79 bits per heavy atom. The van der Waals surface area contributed by atoms with Crippen LogP contribution in [0.3, 0.4) is 0 Å². The molecule has 0 fully saturated rings. The SMILES string of the molecule is C[Si](C)(C)CCS(=O)(=O)N1CCc2ccccc2C1. The van der Waals surface area contributed by atoms with Crippen LogP contribution in [0.5, 0.6) is 0 Å². The Morgan fingerprint density at radius 1 is 1.16 bits per heavy atom. The van der Waals surface area contributed by atoms with E-state index in [1.807, 2.05) is 18.2 Å². The smallest absolute Gasteiger partial charge is 0.212 e. The van der Waals surface area contributed by atoms with E-state index >= 15 is 0 Å². The molecule has 1 aliphatic rings. The molecule has 0 saturated carbocycles. The summed E-state index contributed by atoms with van der Waals surface area (Å²) in [6, 6.07) is 8.98. The zero-order valence-corrected chi connectivity index (χ0v) is 13.8. The van der Waals surface area contributed by atoms with Crippen molar-refractivity contribution >= 4 is 18.1 Å². The van der Waals surface area contributed by atoms with Crippen LogP contribution < -0.4 is 0 Å². The van der Waals surface area contributed by atoms with Crippen LogP contribution in [-0.4, -0.2) is 33.1 Å². The van der Waals surface area contributed by atoms with Gasteiger partial charge in [0.15, 0.2) is 0 Å². The topological polar surface area (TPSA) is 37.4 Å². The molecule has 0 aliphatic carbocycles. The Balaban J connectivity index is 2.08. The molecular formula is C14H23NO2SSi. The van der Waals surface area contributed by atoms with Crippen LogP contribution in [0.25, 0.3) is 0 Å². The van der Waals surface area contributed by atoms with E-state index in [1.165, 1.54) is 5.56 Å². The van der Waals surface area contributed by atoms with E-state index in [9.17, 15) is 8.42 Å². The first-order chi connectivity index (χ1) is 8.78. The molecule has 0 atom stereocenters. The third-order valence-electron chi connectivity index (χ3n) is 3.60. The highest BCUT2D eigenvalue weighted by Gasteiger charge is 2.28. The average molecular weight is 297 g/mol. The Morgan fingerprint density at radius 3 is 2.42 bits per heavy atom. The molecule has 1 aliphatic heterocycles. The van der Waals surface area contributed by atoms with E-state index in [-0.39, 0.29) is 0 Å². The fourth-order valence-electron chi connectivity index (χ4n) is 2.27. The molecule has 0 amide bonds. The molecule has 106 valence electrons. The van der Waals surface area contributed by atoms with Crippen molar-refractivity contribution < 1.29 is 8.42 Å². The highest BCUT2D eigenvalue weighted by atomic mass is 32.2. The minimum Gasteiger partial charge on any atom is -0.212 e. The third kappa shape index (κ3) is 3.90. The molecule has 0 unspecified atom stereocenters. The van der Waals surface area contributed by atoms with Crippen molar-refractivity contribution in [3.8, 4) is 0 Å². The van der Waals surface area contributed by atoms with Gasteiger partial charge in [-0.1, -0.05) is 43.9 Å². The number of nitrogens with zero attached hydrogens (tertiary/aromatic N) is 1. The van der Waals surface area contributed by atoms with Crippen molar-refractivity contribution in [2.75, 3.05) is 12.3 Å². The molecule has 0 bridgehead atoms. The number of hydrogen-bond donors (Lipinski definition) is 0. The summed E-state index contributed by atoms with van der Waals surface area (Å²) in [5, 5.41) is 0. The van der Waals surface area contributed by atoms with Crippen molar-refractivity contribution in [3.63, 3.8) is 0 Å².